The Morgan fingerprint density at radius 2 is 1.95 bits per heavy atom. The van der Waals surface area contributed by atoms with Crippen LogP contribution < -0.4 is 4.74 Å². The number of nitrogens with zero attached hydrogens (tertiary/aromatic N) is 1. The van der Waals surface area contributed by atoms with E-state index in [-0.39, 0.29) is 28.6 Å². The fraction of sp³-hybridized carbons (Fsp3) is 0.538. The number of aromatic carboxylic acids is 1. The Labute approximate surface area is 116 Å². The molecule has 0 aliphatic rings. The minimum absolute atomic E-state index is 0.136. The van der Waals surface area contributed by atoms with Gasteiger partial charge in [0.2, 0.25) is 0 Å². The zero-order valence-corrected chi connectivity index (χ0v) is 12.6. The van der Waals surface area contributed by atoms with Crippen LogP contribution in [0.1, 0.15) is 35.3 Å². The van der Waals surface area contributed by atoms with E-state index < -0.39 is 5.97 Å². The lowest BCUT2D eigenvalue weighted by Gasteiger charge is -2.15. The number of ether oxygens (including phenoxy) is 1. The van der Waals surface area contributed by atoms with Crippen molar-refractivity contribution < 1.29 is 19.4 Å². The minimum Gasteiger partial charge on any atom is -0.482 e. The summed E-state index contributed by atoms with van der Waals surface area (Å²) in [5, 5.41) is 9.15. The van der Waals surface area contributed by atoms with E-state index in [1.54, 1.807) is 20.2 Å². The highest BCUT2D eigenvalue weighted by Crippen LogP contribution is 2.36. The third-order valence-corrected chi connectivity index (χ3v) is 4.01. The average molecular weight is 285 g/mol. The first-order chi connectivity index (χ1) is 8.62. The van der Waals surface area contributed by atoms with Gasteiger partial charge in [-0.05, 0) is 11.5 Å². The number of carboxylic acids is 1. The predicted octanol–water partition coefficient (Wildman–Crippen LogP) is 2.21. The molecular weight excluding hydrogens is 266 g/mol. The van der Waals surface area contributed by atoms with Crippen LogP contribution in [-0.2, 0) is 10.2 Å². The largest absolute Gasteiger partial charge is 0.482 e. The van der Waals surface area contributed by atoms with Gasteiger partial charge in [-0.2, -0.15) is 0 Å². The van der Waals surface area contributed by atoms with Gasteiger partial charge in [0, 0.05) is 19.0 Å². The Bertz CT molecular complexity index is 485. The maximum Gasteiger partial charge on any atom is 0.349 e. The molecule has 5 nitrogen and oxygen atoms in total. The van der Waals surface area contributed by atoms with Gasteiger partial charge in [0.05, 0.1) is 0 Å². The number of carboxylic acid groups (broad SMARTS) is 1. The molecule has 0 atom stereocenters. The molecule has 0 aliphatic carbocycles. The third-order valence-electron chi connectivity index (χ3n) is 2.48. The van der Waals surface area contributed by atoms with Gasteiger partial charge >= 0.3 is 5.97 Å². The molecule has 0 aliphatic heterocycles. The molecule has 106 valence electrons. The quantitative estimate of drug-likeness (QED) is 0.921. The molecule has 0 bridgehead atoms. The van der Waals surface area contributed by atoms with Crippen molar-refractivity contribution in [3.05, 3.63) is 15.8 Å². The standard InChI is InChI=1S/C13H19NO4S/c1-13(2,3)9-6-8(11(19-9)12(16)17)18-7-10(15)14(4)5/h6H,7H2,1-5H3,(H,16,17). The molecule has 0 spiro atoms. The number of carbonyl (C=O) groups excluding carboxylic acids is 1. The normalized spacial score (nSPS) is 11.2. The highest BCUT2D eigenvalue weighted by molar-refractivity contribution is 7.14. The van der Waals surface area contributed by atoms with E-state index in [0.29, 0.717) is 0 Å². The summed E-state index contributed by atoms with van der Waals surface area (Å²) in [6, 6.07) is 1.71. The number of rotatable bonds is 4. The molecule has 0 unspecified atom stereocenters. The molecule has 1 aromatic rings. The van der Waals surface area contributed by atoms with Crippen LogP contribution in [0.25, 0.3) is 0 Å². The van der Waals surface area contributed by atoms with Crippen LogP contribution in [0.5, 0.6) is 5.75 Å². The second kappa shape index (κ2) is 5.61. The topological polar surface area (TPSA) is 66.8 Å². The van der Waals surface area contributed by atoms with Gasteiger partial charge < -0.3 is 14.7 Å². The van der Waals surface area contributed by atoms with Crippen LogP contribution in [0, 0.1) is 0 Å². The van der Waals surface area contributed by atoms with Crippen molar-refractivity contribution >= 4 is 23.2 Å². The van der Waals surface area contributed by atoms with E-state index in [2.05, 4.69) is 0 Å². The van der Waals surface area contributed by atoms with Crippen molar-refractivity contribution in [3.63, 3.8) is 0 Å². The summed E-state index contributed by atoms with van der Waals surface area (Å²) in [6.45, 7) is 5.84. The average Bonchev–Trinajstić information content (AvgIpc) is 2.69. The summed E-state index contributed by atoms with van der Waals surface area (Å²) >= 11 is 1.19. The zero-order chi connectivity index (χ0) is 14.8. The molecule has 1 aromatic heterocycles. The molecule has 19 heavy (non-hydrogen) atoms. The molecule has 0 fully saturated rings. The lowest BCUT2D eigenvalue weighted by molar-refractivity contribution is -0.130. The van der Waals surface area contributed by atoms with Crippen LogP contribution in [0.3, 0.4) is 0 Å². The molecule has 0 aromatic carbocycles. The Hall–Kier alpha value is -1.56. The van der Waals surface area contributed by atoms with Crippen LogP contribution in [-0.4, -0.2) is 42.6 Å². The van der Waals surface area contributed by atoms with Gasteiger partial charge in [0.15, 0.2) is 11.5 Å². The fourth-order valence-electron chi connectivity index (χ4n) is 1.27. The number of hydrogen-bond acceptors (Lipinski definition) is 4. The van der Waals surface area contributed by atoms with Gasteiger partial charge in [0.25, 0.3) is 5.91 Å². The van der Waals surface area contributed by atoms with Gasteiger partial charge in [-0.1, -0.05) is 20.8 Å². The molecule has 1 amide bonds. The van der Waals surface area contributed by atoms with E-state index in [1.807, 2.05) is 20.8 Å². The van der Waals surface area contributed by atoms with E-state index in [9.17, 15) is 9.59 Å². The van der Waals surface area contributed by atoms with Crippen LogP contribution in [0.4, 0.5) is 0 Å². The first kappa shape index (κ1) is 15.5. The number of likely N-dealkylation sites (N-methyl/N-ethyl adjacent to an activating group) is 1. The predicted molar refractivity (Wildman–Crippen MR) is 74.2 cm³/mol. The summed E-state index contributed by atoms with van der Waals surface area (Å²) in [5.41, 5.74) is -0.151. The Morgan fingerprint density at radius 3 is 2.37 bits per heavy atom. The van der Waals surface area contributed by atoms with Crippen molar-refractivity contribution in [2.24, 2.45) is 0 Å². The van der Waals surface area contributed by atoms with Crippen molar-refractivity contribution in [2.75, 3.05) is 20.7 Å². The molecule has 0 saturated heterocycles. The Balaban J connectivity index is 2.96. The smallest absolute Gasteiger partial charge is 0.349 e. The van der Waals surface area contributed by atoms with Crippen LogP contribution >= 0.6 is 11.3 Å². The first-order valence-corrected chi connectivity index (χ1v) is 6.65. The molecule has 0 saturated carbocycles. The monoisotopic (exact) mass is 285 g/mol. The molecule has 6 heteroatoms. The lowest BCUT2D eigenvalue weighted by Crippen LogP contribution is -2.27. The van der Waals surface area contributed by atoms with Crippen molar-refractivity contribution in [3.8, 4) is 5.75 Å². The van der Waals surface area contributed by atoms with Crippen LogP contribution in [0.2, 0.25) is 0 Å². The maximum atomic E-state index is 11.5. The van der Waals surface area contributed by atoms with E-state index >= 15 is 0 Å². The van der Waals surface area contributed by atoms with E-state index in [4.69, 9.17) is 9.84 Å². The number of amides is 1. The first-order valence-electron chi connectivity index (χ1n) is 5.83. The number of carbonyl (C=O) groups is 2. The molecule has 1 rings (SSSR count). The Morgan fingerprint density at radius 1 is 1.37 bits per heavy atom. The summed E-state index contributed by atoms with van der Waals surface area (Å²) < 4.78 is 5.34. The molecule has 0 radical (unpaired) electrons. The highest BCUT2D eigenvalue weighted by Gasteiger charge is 2.24. The zero-order valence-electron chi connectivity index (χ0n) is 11.8. The van der Waals surface area contributed by atoms with E-state index in [0.717, 1.165) is 4.88 Å². The number of thiophene rings is 1. The molecule has 1 heterocycles. The fourth-order valence-corrected chi connectivity index (χ4v) is 2.27. The van der Waals surface area contributed by atoms with E-state index in [1.165, 1.54) is 16.2 Å². The summed E-state index contributed by atoms with van der Waals surface area (Å²) in [5.74, 6) is -0.981. The third kappa shape index (κ3) is 3.96. The SMILES string of the molecule is CN(C)C(=O)COc1cc(C(C)(C)C)sc1C(=O)O. The van der Waals surface area contributed by atoms with Crippen molar-refractivity contribution in [1.82, 2.24) is 4.90 Å². The minimum atomic E-state index is -1.03. The molecule has 1 N–H and O–H groups in total. The van der Waals surface area contributed by atoms with Gasteiger partial charge in [-0.25, -0.2) is 4.79 Å². The highest BCUT2D eigenvalue weighted by atomic mass is 32.1. The van der Waals surface area contributed by atoms with Crippen LogP contribution in [0.15, 0.2) is 6.07 Å². The molecular formula is C13H19NO4S. The number of hydrogen-bond donors (Lipinski definition) is 1. The maximum absolute atomic E-state index is 11.5. The second-order valence-corrected chi connectivity index (χ2v) is 6.49. The van der Waals surface area contributed by atoms with Gasteiger partial charge in [-0.15, -0.1) is 11.3 Å². The van der Waals surface area contributed by atoms with Crippen molar-refractivity contribution in [1.29, 1.82) is 0 Å². The van der Waals surface area contributed by atoms with Gasteiger partial charge in [-0.3, -0.25) is 4.79 Å². The summed E-state index contributed by atoms with van der Waals surface area (Å²) in [7, 11) is 3.25. The summed E-state index contributed by atoms with van der Waals surface area (Å²) in [6.07, 6.45) is 0. The van der Waals surface area contributed by atoms with Crippen molar-refractivity contribution in [2.45, 2.75) is 26.2 Å². The summed E-state index contributed by atoms with van der Waals surface area (Å²) in [4.78, 5) is 25.1. The Kier molecular flexibility index (Phi) is 4.57. The van der Waals surface area contributed by atoms with Gasteiger partial charge in [0.1, 0.15) is 5.75 Å². The second-order valence-electron chi connectivity index (χ2n) is 5.44. The lowest BCUT2D eigenvalue weighted by atomic mass is 9.95.